The fourth-order valence-corrected chi connectivity index (χ4v) is 1.45. The van der Waals surface area contributed by atoms with Crippen LogP contribution in [0.3, 0.4) is 0 Å². The predicted molar refractivity (Wildman–Crippen MR) is 90.1 cm³/mol. The van der Waals surface area contributed by atoms with Crippen LogP contribution in [0.1, 0.15) is 40.5 Å². The molecule has 24 heavy (non-hydrogen) atoms. The number of hydrogen-bond donors (Lipinski definition) is 0. The molecule has 0 aliphatic carbocycles. The first-order valence-electron chi connectivity index (χ1n) is 7.74. The molecule has 0 radical (unpaired) electrons. The molecular formula is C18H28O6. The van der Waals surface area contributed by atoms with Crippen LogP contribution in [0.2, 0.25) is 0 Å². The molecule has 0 spiro atoms. The highest BCUT2D eigenvalue weighted by molar-refractivity contribution is 5.77. The monoisotopic (exact) mass is 340 g/mol. The smallest absolute Gasteiger partial charge is 0.315 e. The normalized spacial score (nSPS) is 11.3. The summed E-state index contributed by atoms with van der Waals surface area (Å²) >= 11 is 0. The van der Waals surface area contributed by atoms with Crippen molar-refractivity contribution in [2.75, 3.05) is 19.8 Å². The minimum absolute atomic E-state index is 0.0761. The van der Waals surface area contributed by atoms with E-state index in [0.29, 0.717) is 0 Å². The van der Waals surface area contributed by atoms with Crippen LogP contribution in [0, 0.1) is 10.8 Å². The first kappa shape index (κ1) is 21.9. The fourth-order valence-electron chi connectivity index (χ4n) is 1.45. The Kier molecular flexibility index (Phi) is 9.03. The van der Waals surface area contributed by atoms with Gasteiger partial charge in [0.25, 0.3) is 0 Å². The molecule has 0 aliphatic rings. The molecule has 0 fully saturated rings. The zero-order valence-corrected chi connectivity index (χ0v) is 15.1. The van der Waals surface area contributed by atoms with Gasteiger partial charge in [-0.2, -0.15) is 0 Å². The van der Waals surface area contributed by atoms with E-state index >= 15 is 0 Å². The summed E-state index contributed by atoms with van der Waals surface area (Å²) in [5.74, 6) is -1.31. The van der Waals surface area contributed by atoms with Crippen molar-refractivity contribution in [2.45, 2.75) is 40.5 Å². The molecule has 0 aromatic carbocycles. The van der Waals surface area contributed by atoms with Gasteiger partial charge in [-0.15, -0.1) is 13.2 Å². The Morgan fingerprint density at radius 3 is 1.67 bits per heavy atom. The van der Waals surface area contributed by atoms with E-state index < -0.39 is 22.8 Å². The lowest BCUT2D eigenvalue weighted by Gasteiger charge is -2.27. The lowest BCUT2D eigenvalue weighted by atomic mass is 9.93. The molecule has 0 saturated heterocycles. The molecule has 0 heterocycles. The van der Waals surface area contributed by atoms with Gasteiger partial charge in [0, 0.05) is 5.41 Å². The third kappa shape index (κ3) is 9.12. The van der Waals surface area contributed by atoms with Crippen LogP contribution in [0.15, 0.2) is 25.3 Å². The van der Waals surface area contributed by atoms with Gasteiger partial charge in [0.1, 0.15) is 6.61 Å². The van der Waals surface area contributed by atoms with E-state index in [9.17, 15) is 14.4 Å². The summed E-state index contributed by atoms with van der Waals surface area (Å²) in [5.41, 5.74) is -1.49. The van der Waals surface area contributed by atoms with Crippen LogP contribution in [-0.4, -0.2) is 37.7 Å². The van der Waals surface area contributed by atoms with Crippen LogP contribution in [0.4, 0.5) is 0 Å². The highest BCUT2D eigenvalue weighted by atomic mass is 16.6. The topological polar surface area (TPSA) is 78.9 Å². The summed E-state index contributed by atoms with van der Waals surface area (Å²) in [5, 5.41) is 0. The second kappa shape index (κ2) is 9.90. The van der Waals surface area contributed by atoms with Crippen molar-refractivity contribution >= 4 is 17.9 Å². The SMILES string of the molecule is C=CCC(=O)OCC(C)(C)COC(=O)C(C)(C)COC(=O)CC=C. The second-order valence-electron chi connectivity index (χ2n) is 6.93. The Morgan fingerprint density at radius 2 is 1.21 bits per heavy atom. The van der Waals surface area contributed by atoms with Gasteiger partial charge in [0.05, 0.1) is 31.5 Å². The summed E-state index contributed by atoms with van der Waals surface area (Å²) in [4.78, 5) is 34.8. The Balaban J connectivity index is 4.37. The van der Waals surface area contributed by atoms with Crippen molar-refractivity contribution < 1.29 is 28.6 Å². The Morgan fingerprint density at radius 1 is 0.792 bits per heavy atom. The summed E-state index contributed by atoms with van der Waals surface area (Å²) in [6.07, 6.45) is 3.13. The lowest BCUT2D eigenvalue weighted by Crippen LogP contribution is -2.36. The summed E-state index contributed by atoms with van der Waals surface area (Å²) < 4.78 is 15.4. The highest BCUT2D eigenvalue weighted by Crippen LogP contribution is 2.22. The average molecular weight is 340 g/mol. The minimum Gasteiger partial charge on any atom is -0.465 e. The standard InChI is InChI=1S/C18H28O6/c1-7-9-14(19)22-11-17(3,4)12-24-16(21)18(5,6)13-23-15(20)10-8-2/h7-8H,1-2,9-13H2,3-6H3. The zero-order valence-electron chi connectivity index (χ0n) is 15.1. The van der Waals surface area contributed by atoms with Crippen LogP contribution in [0.25, 0.3) is 0 Å². The lowest BCUT2D eigenvalue weighted by molar-refractivity contribution is -0.165. The van der Waals surface area contributed by atoms with Crippen molar-refractivity contribution in [2.24, 2.45) is 10.8 Å². The van der Waals surface area contributed by atoms with E-state index in [4.69, 9.17) is 14.2 Å². The van der Waals surface area contributed by atoms with Gasteiger partial charge in [-0.25, -0.2) is 0 Å². The molecule has 0 bridgehead atoms. The molecule has 6 heteroatoms. The van der Waals surface area contributed by atoms with Crippen LogP contribution in [0.5, 0.6) is 0 Å². The van der Waals surface area contributed by atoms with Crippen molar-refractivity contribution in [3.63, 3.8) is 0 Å². The zero-order chi connectivity index (χ0) is 18.8. The van der Waals surface area contributed by atoms with E-state index in [1.54, 1.807) is 13.8 Å². The first-order chi connectivity index (χ1) is 11.0. The molecule has 0 atom stereocenters. The molecule has 136 valence electrons. The van der Waals surface area contributed by atoms with Gasteiger partial charge in [0.2, 0.25) is 0 Å². The first-order valence-corrected chi connectivity index (χ1v) is 7.74. The third-order valence-electron chi connectivity index (χ3n) is 2.99. The largest absolute Gasteiger partial charge is 0.465 e. The second-order valence-corrected chi connectivity index (χ2v) is 6.93. The Hall–Kier alpha value is -2.11. The summed E-state index contributed by atoms with van der Waals surface area (Å²) in [7, 11) is 0. The number of ether oxygens (including phenoxy) is 3. The van der Waals surface area contributed by atoms with Gasteiger partial charge in [-0.05, 0) is 13.8 Å². The van der Waals surface area contributed by atoms with Crippen molar-refractivity contribution in [1.82, 2.24) is 0 Å². The van der Waals surface area contributed by atoms with Crippen molar-refractivity contribution in [1.29, 1.82) is 0 Å². The van der Waals surface area contributed by atoms with E-state index in [2.05, 4.69) is 13.2 Å². The number of rotatable bonds is 11. The molecule has 0 aromatic heterocycles. The number of carbonyl (C=O) groups excluding carboxylic acids is 3. The molecule has 0 aromatic rings. The number of esters is 3. The molecule has 0 unspecified atom stereocenters. The molecule has 0 aliphatic heterocycles. The van der Waals surface area contributed by atoms with Gasteiger partial charge in [0.15, 0.2) is 0 Å². The van der Waals surface area contributed by atoms with Crippen LogP contribution >= 0.6 is 0 Å². The molecule has 0 N–H and O–H groups in total. The van der Waals surface area contributed by atoms with Gasteiger partial charge in [-0.3, -0.25) is 14.4 Å². The predicted octanol–water partition coefficient (Wildman–Crippen LogP) is 2.82. The maximum Gasteiger partial charge on any atom is 0.315 e. The Labute approximate surface area is 143 Å². The number of hydrogen-bond acceptors (Lipinski definition) is 6. The highest BCUT2D eigenvalue weighted by Gasteiger charge is 2.33. The van der Waals surface area contributed by atoms with Gasteiger partial charge >= 0.3 is 17.9 Å². The van der Waals surface area contributed by atoms with Gasteiger partial charge < -0.3 is 14.2 Å². The molecule has 6 nitrogen and oxygen atoms in total. The van der Waals surface area contributed by atoms with Gasteiger partial charge in [-0.1, -0.05) is 26.0 Å². The van der Waals surface area contributed by atoms with Crippen molar-refractivity contribution in [3.8, 4) is 0 Å². The summed E-state index contributed by atoms with van der Waals surface area (Å²) in [6.45, 7) is 13.9. The minimum atomic E-state index is -0.966. The quantitative estimate of drug-likeness (QED) is 0.327. The van der Waals surface area contributed by atoms with E-state index in [0.717, 1.165) is 0 Å². The molecular weight excluding hydrogens is 312 g/mol. The fraction of sp³-hybridized carbons (Fsp3) is 0.611. The molecule has 0 amide bonds. The van der Waals surface area contributed by atoms with Crippen molar-refractivity contribution in [3.05, 3.63) is 25.3 Å². The maximum atomic E-state index is 12.2. The van der Waals surface area contributed by atoms with E-state index in [1.807, 2.05) is 13.8 Å². The van der Waals surface area contributed by atoms with Crippen LogP contribution in [-0.2, 0) is 28.6 Å². The molecule has 0 rings (SSSR count). The van der Waals surface area contributed by atoms with E-state index in [-0.39, 0.29) is 38.6 Å². The number of carbonyl (C=O) groups is 3. The van der Waals surface area contributed by atoms with Crippen LogP contribution < -0.4 is 0 Å². The van der Waals surface area contributed by atoms with E-state index in [1.165, 1.54) is 12.2 Å². The summed E-state index contributed by atoms with van der Waals surface area (Å²) in [6, 6.07) is 0. The third-order valence-corrected chi connectivity index (χ3v) is 2.99. The molecule has 0 saturated carbocycles. The maximum absolute atomic E-state index is 12.2. The average Bonchev–Trinajstić information content (AvgIpc) is 2.49. The Bertz CT molecular complexity index is 476.